The van der Waals surface area contributed by atoms with Gasteiger partial charge in [-0.05, 0) is 17.5 Å². The average molecular weight is 243 g/mol. The first-order valence-corrected chi connectivity index (χ1v) is 5.16. The molecule has 0 saturated heterocycles. The molecule has 3 nitrogen and oxygen atoms in total. The van der Waals surface area contributed by atoms with E-state index in [0.29, 0.717) is 0 Å². The Labute approximate surface area is 98.5 Å². The van der Waals surface area contributed by atoms with Gasteiger partial charge in [0.25, 0.3) is 0 Å². The number of carboxylic acid groups (broad SMARTS) is 1. The van der Waals surface area contributed by atoms with Crippen molar-refractivity contribution >= 4 is 11.7 Å². The minimum absolute atomic E-state index is 0.242. The van der Waals surface area contributed by atoms with Gasteiger partial charge in [-0.1, -0.05) is 20.8 Å². The van der Waals surface area contributed by atoms with Crippen molar-refractivity contribution < 1.29 is 18.7 Å². The maximum absolute atomic E-state index is 13.0. The molecule has 2 N–H and O–H groups in total. The first-order chi connectivity index (χ1) is 7.71. The minimum atomic E-state index is -1.04. The van der Waals surface area contributed by atoms with Crippen molar-refractivity contribution in [1.29, 1.82) is 0 Å². The van der Waals surface area contributed by atoms with Crippen LogP contribution in [0, 0.1) is 17.0 Å². The molecule has 0 spiro atoms. The van der Waals surface area contributed by atoms with E-state index in [0.717, 1.165) is 12.1 Å². The molecule has 1 rings (SSSR count). The highest BCUT2D eigenvalue weighted by molar-refractivity contribution is 5.78. The van der Waals surface area contributed by atoms with Crippen LogP contribution < -0.4 is 5.32 Å². The summed E-state index contributed by atoms with van der Waals surface area (Å²) in [6, 6.07) is 2.32. The number of carbonyl (C=O) groups is 1. The topological polar surface area (TPSA) is 49.3 Å². The van der Waals surface area contributed by atoms with E-state index in [1.165, 1.54) is 6.07 Å². The molecule has 5 heteroatoms. The first-order valence-electron chi connectivity index (χ1n) is 5.16. The normalized spacial score (nSPS) is 13.2. The predicted octanol–water partition coefficient (Wildman–Crippen LogP) is 2.88. The molecule has 0 bridgehead atoms. The van der Waals surface area contributed by atoms with Crippen LogP contribution in [0.1, 0.15) is 20.8 Å². The van der Waals surface area contributed by atoms with E-state index in [1.807, 2.05) is 0 Å². The first kappa shape index (κ1) is 13.4. The van der Waals surface area contributed by atoms with Gasteiger partial charge < -0.3 is 10.4 Å². The summed E-state index contributed by atoms with van der Waals surface area (Å²) in [5.41, 5.74) is -0.303. The Morgan fingerprint density at radius 2 is 1.88 bits per heavy atom. The fourth-order valence-corrected chi connectivity index (χ4v) is 1.40. The van der Waals surface area contributed by atoms with Crippen molar-refractivity contribution in [1.82, 2.24) is 0 Å². The number of rotatable bonds is 3. The third kappa shape index (κ3) is 3.41. The van der Waals surface area contributed by atoms with Gasteiger partial charge in [-0.3, -0.25) is 0 Å². The molecule has 1 aromatic carbocycles. The molecule has 0 amide bonds. The van der Waals surface area contributed by atoms with Crippen molar-refractivity contribution in [2.75, 3.05) is 5.32 Å². The van der Waals surface area contributed by atoms with Crippen LogP contribution in [0.4, 0.5) is 14.5 Å². The van der Waals surface area contributed by atoms with Crippen LogP contribution in [0.15, 0.2) is 18.2 Å². The number of nitrogens with one attached hydrogen (secondary N) is 1. The number of halogens is 2. The third-order valence-electron chi connectivity index (χ3n) is 2.34. The molecule has 94 valence electrons. The van der Waals surface area contributed by atoms with Gasteiger partial charge in [0.15, 0.2) is 11.6 Å². The largest absolute Gasteiger partial charge is 0.480 e. The van der Waals surface area contributed by atoms with Gasteiger partial charge in [-0.15, -0.1) is 0 Å². The summed E-state index contributed by atoms with van der Waals surface area (Å²) in [6.45, 7) is 5.25. The second-order valence-corrected chi connectivity index (χ2v) is 4.91. The van der Waals surface area contributed by atoms with E-state index >= 15 is 0 Å². The Bertz CT molecular complexity index is 427. The zero-order valence-corrected chi connectivity index (χ0v) is 9.92. The van der Waals surface area contributed by atoms with Crippen molar-refractivity contribution in [3.05, 3.63) is 29.8 Å². The lowest BCUT2D eigenvalue weighted by atomic mass is 9.86. The highest BCUT2D eigenvalue weighted by Gasteiger charge is 2.31. The quantitative estimate of drug-likeness (QED) is 0.858. The van der Waals surface area contributed by atoms with E-state index in [9.17, 15) is 13.6 Å². The van der Waals surface area contributed by atoms with Gasteiger partial charge >= 0.3 is 5.97 Å². The standard InChI is InChI=1S/C12H15F2NO2/c1-12(2,3)10(11(16)17)15-7-4-5-8(13)9(14)6-7/h4-6,10,15H,1-3H3,(H,16,17). The van der Waals surface area contributed by atoms with E-state index in [2.05, 4.69) is 5.32 Å². The Kier molecular flexibility index (Phi) is 3.70. The Balaban J connectivity index is 2.95. The van der Waals surface area contributed by atoms with Crippen LogP contribution in [-0.2, 0) is 4.79 Å². The molecule has 0 saturated carbocycles. The Hall–Kier alpha value is -1.65. The second-order valence-electron chi connectivity index (χ2n) is 4.91. The van der Waals surface area contributed by atoms with Gasteiger partial charge in [0.1, 0.15) is 6.04 Å². The molecule has 0 aliphatic heterocycles. The summed E-state index contributed by atoms with van der Waals surface area (Å²) < 4.78 is 25.7. The Morgan fingerprint density at radius 3 is 2.29 bits per heavy atom. The fraction of sp³-hybridized carbons (Fsp3) is 0.417. The number of anilines is 1. The maximum atomic E-state index is 13.0. The summed E-state index contributed by atoms with van der Waals surface area (Å²) in [4.78, 5) is 11.1. The molecular weight excluding hydrogens is 228 g/mol. The lowest BCUT2D eigenvalue weighted by Gasteiger charge is -2.28. The van der Waals surface area contributed by atoms with Crippen LogP contribution >= 0.6 is 0 Å². The predicted molar refractivity (Wildman–Crippen MR) is 60.9 cm³/mol. The molecule has 0 fully saturated rings. The van der Waals surface area contributed by atoms with Crippen LogP contribution in [0.3, 0.4) is 0 Å². The van der Waals surface area contributed by atoms with Crippen molar-refractivity contribution in [2.45, 2.75) is 26.8 Å². The van der Waals surface area contributed by atoms with E-state index < -0.39 is 29.1 Å². The number of hydrogen-bond donors (Lipinski definition) is 2. The van der Waals surface area contributed by atoms with Gasteiger partial charge in [0.05, 0.1) is 0 Å². The van der Waals surface area contributed by atoms with Gasteiger partial charge in [0.2, 0.25) is 0 Å². The maximum Gasteiger partial charge on any atom is 0.326 e. The molecule has 0 aliphatic rings. The van der Waals surface area contributed by atoms with Gasteiger partial charge in [-0.2, -0.15) is 0 Å². The molecule has 0 radical (unpaired) electrons. The smallest absolute Gasteiger partial charge is 0.326 e. The van der Waals surface area contributed by atoms with E-state index in [-0.39, 0.29) is 5.69 Å². The van der Waals surface area contributed by atoms with Gasteiger partial charge in [-0.25, -0.2) is 13.6 Å². The summed E-state index contributed by atoms with van der Waals surface area (Å²) in [6.07, 6.45) is 0. The van der Waals surface area contributed by atoms with E-state index in [4.69, 9.17) is 5.11 Å². The fourth-order valence-electron chi connectivity index (χ4n) is 1.40. The number of benzene rings is 1. The highest BCUT2D eigenvalue weighted by Crippen LogP contribution is 2.24. The molecule has 0 aromatic heterocycles. The van der Waals surface area contributed by atoms with E-state index in [1.54, 1.807) is 20.8 Å². The SMILES string of the molecule is CC(C)(C)C(Nc1ccc(F)c(F)c1)C(=O)O. The minimum Gasteiger partial charge on any atom is -0.480 e. The van der Waals surface area contributed by atoms with Crippen molar-refractivity contribution in [3.63, 3.8) is 0 Å². The van der Waals surface area contributed by atoms with Crippen molar-refractivity contribution in [2.24, 2.45) is 5.41 Å². The molecule has 1 aromatic rings. The Morgan fingerprint density at radius 1 is 1.29 bits per heavy atom. The second kappa shape index (κ2) is 4.69. The monoisotopic (exact) mass is 243 g/mol. The average Bonchev–Trinajstić information content (AvgIpc) is 2.17. The molecule has 0 aliphatic carbocycles. The van der Waals surface area contributed by atoms with Gasteiger partial charge in [0, 0.05) is 11.8 Å². The zero-order chi connectivity index (χ0) is 13.2. The number of carboxylic acids is 1. The van der Waals surface area contributed by atoms with Crippen LogP contribution in [0.25, 0.3) is 0 Å². The molecule has 0 heterocycles. The lowest BCUT2D eigenvalue weighted by molar-refractivity contribution is -0.140. The number of hydrogen-bond acceptors (Lipinski definition) is 2. The molecular formula is C12H15F2NO2. The molecule has 1 atom stereocenters. The molecule has 17 heavy (non-hydrogen) atoms. The summed E-state index contributed by atoms with van der Waals surface area (Å²) in [5, 5.41) is 11.7. The summed E-state index contributed by atoms with van der Waals surface area (Å²) in [7, 11) is 0. The zero-order valence-electron chi connectivity index (χ0n) is 9.92. The third-order valence-corrected chi connectivity index (χ3v) is 2.34. The van der Waals surface area contributed by atoms with Crippen LogP contribution in [-0.4, -0.2) is 17.1 Å². The highest BCUT2D eigenvalue weighted by atomic mass is 19.2. The van der Waals surface area contributed by atoms with Crippen LogP contribution in [0.5, 0.6) is 0 Å². The number of aliphatic carboxylic acids is 1. The lowest BCUT2D eigenvalue weighted by Crippen LogP contribution is -2.41. The van der Waals surface area contributed by atoms with Crippen LogP contribution in [0.2, 0.25) is 0 Å². The summed E-state index contributed by atoms with van der Waals surface area (Å²) >= 11 is 0. The van der Waals surface area contributed by atoms with Crippen molar-refractivity contribution in [3.8, 4) is 0 Å². The molecule has 1 unspecified atom stereocenters. The summed E-state index contributed by atoms with van der Waals surface area (Å²) in [5.74, 6) is -3.01.